The monoisotopic (exact) mass is 742 g/mol. The molecule has 0 N–H and O–H groups in total. The van der Waals surface area contributed by atoms with Crippen LogP contribution in [-0.4, -0.2) is 0 Å². The van der Waals surface area contributed by atoms with Crippen LogP contribution in [-0.2, 0) is 0 Å². The van der Waals surface area contributed by atoms with Crippen molar-refractivity contribution < 1.29 is 0 Å². The zero-order valence-corrected chi connectivity index (χ0v) is 32.7. The third-order valence-electron chi connectivity index (χ3n) is 11.5. The number of hydrogen-bond donors (Lipinski definition) is 0. The topological polar surface area (TPSA) is 6.48 Å². The van der Waals surface area contributed by atoms with Gasteiger partial charge in [0, 0.05) is 33.5 Å². The molecule has 0 aliphatic heterocycles. The lowest BCUT2D eigenvalue weighted by Crippen LogP contribution is -2.12. The summed E-state index contributed by atoms with van der Waals surface area (Å²) in [7, 11) is 0. The molecule has 10 aromatic carbocycles. The van der Waals surface area contributed by atoms with Crippen molar-refractivity contribution in [1.82, 2.24) is 0 Å². The third kappa shape index (κ3) is 6.26. The van der Waals surface area contributed by atoms with Crippen LogP contribution in [0.15, 0.2) is 218 Å². The molecule has 0 spiro atoms. The van der Waals surface area contributed by atoms with Gasteiger partial charge in [-0.05, 0) is 129 Å². The molecule has 0 aliphatic rings. The van der Waals surface area contributed by atoms with E-state index in [1.165, 1.54) is 65.7 Å². The minimum absolute atomic E-state index is 1.11. The molecule has 10 aromatic rings. The zero-order valence-electron chi connectivity index (χ0n) is 32.7. The minimum Gasteiger partial charge on any atom is -0.310 e. The van der Waals surface area contributed by atoms with Crippen molar-refractivity contribution in [3.05, 3.63) is 230 Å². The Kier molecular flexibility index (Phi) is 9.01. The number of aryl methyl sites for hydroxylation is 2. The first-order valence-electron chi connectivity index (χ1n) is 20.0. The van der Waals surface area contributed by atoms with Crippen molar-refractivity contribution in [1.29, 1.82) is 0 Å². The van der Waals surface area contributed by atoms with Crippen molar-refractivity contribution in [3.63, 3.8) is 0 Å². The summed E-state index contributed by atoms with van der Waals surface area (Å²) < 4.78 is 0. The van der Waals surface area contributed by atoms with Crippen molar-refractivity contribution in [2.45, 2.75) is 13.8 Å². The van der Waals surface area contributed by atoms with Gasteiger partial charge in [0.2, 0.25) is 0 Å². The Morgan fingerprint density at radius 1 is 0.259 bits per heavy atom. The molecule has 0 heterocycles. The molecule has 10 rings (SSSR count). The summed E-state index contributed by atoms with van der Waals surface area (Å²) in [6.07, 6.45) is 0. The number of anilines is 6. The van der Waals surface area contributed by atoms with Gasteiger partial charge in [0.15, 0.2) is 0 Å². The van der Waals surface area contributed by atoms with E-state index in [4.69, 9.17) is 0 Å². The fraction of sp³-hybridized carbons (Fsp3) is 0.0357. The second kappa shape index (κ2) is 14.9. The highest BCUT2D eigenvalue weighted by molar-refractivity contribution is 6.24. The van der Waals surface area contributed by atoms with Crippen LogP contribution in [0.5, 0.6) is 0 Å². The fourth-order valence-corrected chi connectivity index (χ4v) is 8.71. The van der Waals surface area contributed by atoms with Crippen LogP contribution in [0.25, 0.3) is 54.6 Å². The van der Waals surface area contributed by atoms with Gasteiger partial charge in [0.25, 0.3) is 0 Å². The van der Waals surface area contributed by atoms with Gasteiger partial charge in [-0.2, -0.15) is 0 Å². The number of fused-ring (bicyclic) bond motifs is 5. The second-order valence-corrected chi connectivity index (χ2v) is 15.1. The first-order valence-corrected chi connectivity index (χ1v) is 20.0. The summed E-state index contributed by atoms with van der Waals surface area (Å²) in [5.41, 5.74) is 14.1. The smallest absolute Gasteiger partial charge is 0.0546 e. The lowest BCUT2D eigenvalue weighted by Gasteiger charge is -2.30. The fourth-order valence-electron chi connectivity index (χ4n) is 8.71. The van der Waals surface area contributed by atoms with Crippen LogP contribution in [0.4, 0.5) is 34.1 Å². The predicted molar refractivity (Wildman–Crippen MR) is 249 cm³/mol. The van der Waals surface area contributed by atoms with Gasteiger partial charge in [0.05, 0.1) is 11.4 Å². The van der Waals surface area contributed by atoms with E-state index in [-0.39, 0.29) is 0 Å². The Morgan fingerprint density at radius 2 is 0.603 bits per heavy atom. The molecule has 58 heavy (non-hydrogen) atoms. The van der Waals surface area contributed by atoms with Crippen LogP contribution in [0.2, 0.25) is 0 Å². The maximum atomic E-state index is 2.43. The summed E-state index contributed by atoms with van der Waals surface area (Å²) >= 11 is 0. The Balaban J connectivity index is 1.24. The van der Waals surface area contributed by atoms with E-state index in [1.807, 2.05) is 0 Å². The van der Waals surface area contributed by atoms with E-state index >= 15 is 0 Å². The van der Waals surface area contributed by atoms with Gasteiger partial charge in [-0.1, -0.05) is 158 Å². The first kappa shape index (κ1) is 35.0. The number of benzene rings is 10. The molecular weight excluding hydrogens is 701 g/mol. The summed E-state index contributed by atoms with van der Waals surface area (Å²) in [4.78, 5) is 4.86. The van der Waals surface area contributed by atoms with Crippen LogP contribution in [0.1, 0.15) is 11.1 Å². The quantitative estimate of drug-likeness (QED) is 0.143. The summed E-state index contributed by atoms with van der Waals surface area (Å²) in [5.74, 6) is 0. The summed E-state index contributed by atoms with van der Waals surface area (Å²) in [5, 5.41) is 7.22. The maximum absolute atomic E-state index is 2.43. The predicted octanol–water partition coefficient (Wildman–Crippen LogP) is 16.0. The Labute approximate surface area is 340 Å². The average Bonchev–Trinajstić information content (AvgIpc) is 3.28. The highest BCUT2D eigenvalue weighted by atomic mass is 15.2. The van der Waals surface area contributed by atoms with Crippen LogP contribution < -0.4 is 9.80 Å². The zero-order chi connectivity index (χ0) is 39.0. The molecular formula is C56H42N2. The summed E-state index contributed by atoms with van der Waals surface area (Å²) in [6, 6.07) is 79.4. The SMILES string of the molecule is Cc1ccccc1-c1cccc(N(c2ccccc2)c2cc3c4ccccc4c(N(c4ccccc4)c4cccc(-c5ccccc5C)c4)cc3c3ccccc23)c1. The highest BCUT2D eigenvalue weighted by Gasteiger charge is 2.22. The molecule has 0 bridgehead atoms. The molecule has 0 atom stereocenters. The maximum Gasteiger partial charge on any atom is 0.0546 e. The Hall–Kier alpha value is -7.42. The van der Waals surface area contributed by atoms with E-state index in [1.54, 1.807) is 0 Å². The number of rotatable bonds is 8. The lowest BCUT2D eigenvalue weighted by molar-refractivity contribution is 1.30. The van der Waals surface area contributed by atoms with Gasteiger partial charge in [-0.15, -0.1) is 0 Å². The van der Waals surface area contributed by atoms with Crippen LogP contribution in [0, 0.1) is 13.8 Å². The number of para-hydroxylation sites is 2. The average molecular weight is 743 g/mol. The first-order chi connectivity index (χ1) is 28.6. The van der Waals surface area contributed by atoms with E-state index in [9.17, 15) is 0 Å². The standard InChI is InChI=1S/C56H42N2/c1-39-19-9-11-29-47(39)41-21-17-27-45(35-41)57(43-23-5-3-6-24-43)55-37-53-50-32-14-16-34-52(50)56(38-54(53)49-31-13-15-33-51(49)55)58(44-25-7-4-8-26-44)46-28-18-22-42(36-46)48-30-12-10-20-40(48)2/h3-38H,1-2H3. The Bertz CT molecular complexity index is 2880. The summed E-state index contributed by atoms with van der Waals surface area (Å²) in [6.45, 7) is 4.38. The molecule has 0 aliphatic carbocycles. The molecule has 276 valence electrons. The molecule has 0 saturated heterocycles. The molecule has 0 radical (unpaired) electrons. The van der Waals surface area contributed by atoms with Gasteiger partial charge < -0.3 is 9.80 Å². The van der Waals surface area contributed by atoms with E-state index in [2.05, 4.69) is 242 Å². The minimum atomic E-state index is 1.11. The molecule has 0 saturated carbocycles. The third-order valence-corrected chi connectivity index (χ3v) is 11.5. The van der Waals surface area contributed by atoms with Gasteiger partial charge in [0.1, 0.15) is 0 Å². The van der Waals surface area contributed by atoms with Crippen molar-refractivity contribution in [2.75, 3.05) is 9.80 Å². The molecule has 0 amide bonds. The van der Waals surface area contributed by atoms with Gasteiger partial charge in [-0.3, -0.25) is 0 Å². The highest BCUT2D eigenvalue weighted by Crippen LogP contribution is 2.48. The van der Waals surface area contributed by atoms with E-state index < -0.39 is 0 Å². The Morgan fingerprint density at radius 3 is 1.02 bits per heavy atom. The normalized spacial score (nSPS) is 11.3. The van der Waals surface area contributed by atoms with Crippen molar-refractivity contribution in [3.8, 4) is 22.3 Å². The van der Waals surface area contributed by atoms with E-state index in [0.717, 1.165) is 34.1 Å². The molecule has 0 aromatic heterocycles. The largest absolute Gasteiger partial charge is 0.310 e. The molecule has 0 fully saturated rings. The molecule has 2 nitrogen and oxygen atoms in total. The van der Waals surface area contributed by atoms with Crippen molar-refractivity contribution in [2.24, 2.45) is 0 Å². The number of hydrogen-bond acceptors (Lipinski definition) is 2. The lowest BCUT2D eigenvalue weighted by atomic mass is 9.93. The van der Waals surface area contributed by atoms with Crippen LogP contribution in [0.3, 0.4) is 0 Å². The van der Waals surface area contributed by atoms with Crippen molar-refractivity contribution >= 4 is 66.4 Å². The van der Waals surface area contributed by atoms with Gasteiger partial charge >= 0.3 is 0 Å². The molecule has 2 heteroatoms. The van der Waals surface area contributed by atoms with Crippen LogP contribution >= 0.6 is 0 Å². The van der Waals surface area contributed by atoms with E-state index in [0.29, 0.717) is 0 Å². The molecule has 0 unspecified atom stereocenters. The second-order valence-electron chi connectivity index (χ2n) is 15.1. The van der Waals surface area contributed by atoms with Gasteiger partial charge in [-0.25, -0.2) is 0 Å². The number of nitrogens with zero attached hydrogens (tertiary/aromatic N) is 2.